The molecule has 2 aromatic carbocycles. The molecule has 5 nitrogen and oxygen atoms in total. The molecular formula is C19H22Cl2N2O3. The van der Waals surface area contributed by atoms with Crippen LogP contribution >= 0.6 is 23.2 Å². The van der Waals surface area contributed by atoms with Crippen LogP contribution in [0.5, 0.6) is 11.5 Å². The van der Waals surface area contributed by atoms with Gasteiger partial charge in [0.2, 0.25) is 5.91 Å². The normalized spacial score (nSPS) is 10.4. The van der Waals surface area contributed by atoms with Crippen LogP contribution in [0.25, 0.3) is 0 Å². The van der Waals surface area contributed by atoms with Crippen molar-refractivity contribution in [2.24, 2.45) is 0 Å². The largest absolute Gasteiger partial charge is 0.497 e. The van der Waals surface area contributed by atoms with Gasteiger partial charge in [0.1, 0.15) is 18.1 Å². The summed E-state index contributed by atoms with van der Waals surface area (Å²) >= 11 is 12.0. The fourth-order valence-corrected chi connectivity index (χ4v) is 2.75. The van der Waals surface area contributed by atoms with Crippen LogP contribution in [-0.4, -0.2) is 39.3 Å². The van der Waals surface area contributed by atoms with E-state index in [-0.39, 0.29) is 12.5 Å². The molecule has 2 N–H and O–H groups in total. The average Bonchev–Trinajstić information content (AvgIpc) is 2.64. The second-order valence-electron chi connectivity index (χ2n) is 5.54. The minimum absolute atomic E-state index is 0.0782. The number of methoxy groups -OCH3 is 1. The number of carbonyl (C=O) groups excluding carboxylic acids is 1. The van der Waals surface area contributed by atoms with Crippen molar-refractivity contribution >= 4 is 29.1 Å². The number of carbonyl (C=O) groups is 1. The fourth-order valence-electron chi connectivity index (χ4n) is 2.24. The SMILES string of the molecule is COc1ccc(OCCNC(=O)CNCCc2ccc(Cl)cc2Cl)cc1. The minimum Gasteiger partial charge on any atom is -0.497 e. The quantitative estimate of drug-likeness (QED) is 0.604. The third-order valence-electron chi connectivity index (χ3n) is 3.62. The van der Waals surface area contributed by atoms with E-state index in [9.17, 15) is 4.79 Å². The summed E-state index contributed by atoms with van der Waals surface area (Å²) in [5.74, 6) is 1.43. The Morgan fingerprint density at radius 2 is 1.77 bits per heavy atom. The number of hydrogen-bond acceptors (Lipinski definition) is 4. The van der Waals surface area contributed by atoms with Gasteiger partial charge in [-0.15, -0.1) is 0 Å². The van der Waals surface area contributed by atoms with Gasteiger partial charge in [-0.3, -0.25) is 4.79 Å². The number of rotatable bonds is 10. The molecule has 0 atom stereocenters. The molecule has 2 rings (SSSR count). The summed E-state index contributed by atoms with van der Waals surface area (Å²) in [7, 11) is 1.61. The summed E-state index contributed by atoms with van der Waals surface area (Å²) in [4.78, 5) is 11.8. The zero-order valence-corrected chi connectivity index (χ0v) is 16.1. The van der Waals surface area contributed by atoms with Gasteiger partial charge in [0.05, 0.1) is 20.2 Å². The third kappa shape index (κ3) is 7.12. The highest BCUT2D eigenvalue weighted by Crippen LogP contribution is 2.21. The van der Waals surface area contributed by atoms with Crippen molar-refractivity contribution < 1.29 is 14.3 Å². The summed E-state index contributed by atoms with van der Waals surface area (Å²) in [6.07, 6.45) is 0.726. The van der Waals surface area contributed by atoms with Crippen LogP contribution in [-0.2, 0) is 11.2 Å². The van der Waals surface area contributed by atoms with Crippen LogP contribution in [0.1, 0.15) is 5.56 Å². The molecule has 0 spiro atoms. The van der Waals surface area contributed by atoms with Crippen molar-refractivity contribution in [1.82, 2.24) is 10.6 Å². The molecule has 0 heterocycles. The predicted molar refractivity (Wildman–Crippen MR) is 105 cm³/mol. The van der Waals surface area contributed by atoms with Crippen LogP contribution in [0.15, 0.2) is 42.5 Å². The Hall–Kier alpha value is -1.95. The highest BCUT2D eigenvalue weighted by molar-refractivity contribution is 6.35. The molecule has 1 amide bonds. The van der Waals surface area contributed by atoms with E-state index >= 15 is 0 Å². The second-order valence-corrected chi connectivity index (χ2v) is 6.38. The molecule has 0 bridgehead atoms. The first-order valence-corrected chi connectivity index (χ1v) is 9.02. The lowest BCUT2D eigenvalue weighted by Gasteiger charge is -2.09. The maximum Gasteiger partial charge on any atom is 0.234 e. The van der Waals surface area contributed by atoms with Gasteiger partial charge in [-0.2, -0.15) is 0 Å². The molecule has 140 valence electrons. The molecule has 0 saturated carbocycles. The van der Waals surface area contributed by atoms with Gasteiger partial charge in [-0.1, -0.05) is 29.3 Å². The first-order chi connectivity index (χ1) is 12.6. The summed E-state index contributed by atoms with van der Waals surface area (Å²) in [5, 5.41) is 7.14. The van der Waals surface area contributed by atoms with E-state index in [1.807, 2.05) is 30.3 Å². The highest BCUT2D eigenvalue weighted by atomic mass is 35.5. The standard InChI is InChI=1S/C19H22Cl2N2O3/c1-25-16-4-6-17(7-5-16)26-11-10-23-19(24)13-22-9-8-14-2-3-15(20)12-18(14)21/h2-7,12,22H,8-11,13H2,1H3,(H,23,24). The molecule has 0 aromatic heterocycles. The number of hydrogen-bond donors (Lipinski definition) is 2. The van der Waals surface area contributed by atoms with Gasteiger partial charge in [0.25, 0.3) is 0 Å². The van der Waals surface area contributed by atoms with Crippen molar-refractivity contribution in [2.45, 2.75) is 6.42 Å². The molecular weight excluding hydrogens is 375 g/mol. The van der Waals surface area contributed by atoms with Gasteiger partial charge >= 0.3 is 0 Å². The van der Waals surface area contributed by atoms with Crippen LogP contribution < -0.4 is 20.1 Å². The molecule has 0 aliphatic carbocycles. The Labute approximate surface area is 163 Å². The lowest BCUT2D eigenvalue weighted by atomic mass is 10.1. The number of benzene rings is 2. The molecule has 0 fully saturated rings. The lowest BCUT2D eigenvalue weighted by molar-refractivity contribution is -0.120. The van der Waals surface area contributed by atoms with E-state index in [4.69, 9.17) is 32.7 Å². The van der Waals surface area contributed by atoms with E-state index in [2.05, 4.69) is 10.6 Å². The first kappa shape index (κ1) is 20.4. The smallest absolute Gasteiger partial charge is 0.234 e. The molecule has 0 aliphatic rings. The zero-order chi connectivity index (χ0) is 18.8. The monoisotopic (exact) mass is 396 g/mol. The molecule has 2 aromatic rings. The summed E-state index contributed by atoms with van der Waals surface area (Å²) in [6, 6.07) is 12.7. The Bertz CT molecular complexity index is 708. The van der Waals surface area contributed by atoms with E-state index in [1.54, 1.807) is 19.2 Å². The Kier molecular flexibility index (Phi) is 8.54. The van der Waals surface area contributed by atoms with Crippen LogP contribution in [0.2, 0.25) is 10.0 Å². The molecule has 7 heteroatoms. The van der Waals surface area contributed by atoms with Crippen molar-refractivity contribution in [3.8, 4) is 11.5 Å². The van der Waals surface area contributed by atoms with Crippen molar-refractivity contribution in [3.63, 3.8) is 0 Å². The van der Waals surface area contributed by atoms with Crippen LogP contribution in [0, 0.1) is 0 Å². The van der Waals surface area contributed by atoms with Gasteiger partial charge in [0.15, 0.2) is 0 Å². The van der Waals surface area contributed by atoms with E-state index < -0.39 is 0 Å². The van der Waals surface area contributed by atoms with Gasteiger partial charge in [-0.25, -0.2) is 0 Å². The minimum atomic E-state index is -0.0782. The highest BCUT2D eigenvalue weighted by Gasteiger charge is 2.03. The van der Waals surface area contributed by atoms with Crippen LogP contribution in [0.3, 0.4) is 0 Å². The van der Waals surface area contributed by atoms with Gasteiger partial charge < -0.3 is 20.1 Å². The summed E-state index contributed by atoms with van der Waals surface area (Å²) in [6.45, 7) is 1.73. The maximum atomic E-state index is 11.8. The van der Waals surface area contributed by atoms with Gasteiger partial charge in [0, 0.05) is 10.0 Å². The van der Waals surface area contributed by atoms with Crippen LogP contribution in [0.4, 0.5) is 0 Å². The Balaban J connectivity index is 1.55. The predicted octanol–water partition coefficient (Wildman–Crippen LogP) is 3.33. The molecule has 0 radical (unpaired) electrons. The fraction of sp³-hybridized carbons (Fsp3) is 0.316. The lowest BCUT2D eigenvalue weighted by Crippen LogP contribution is -2.36. The molecule has 0 saturated heterocycles. The number of nitrogens with one attached hydrogen (secondary N) is 2. The summed E-state index contributed by atoms with van der Waals surface area (Å²) in [5.41, 5.74) is 0.997. The Morgan fingerprint density at radius 1 is 1.04 bits per heavy atom. The van der Waals surface area contributed by atoms with Crippen molar-refractivity contribution in [2.75, 3.05) is 33.4 Å². The first-order valence-electron chi connectivity index (χ1n) is 8.26. The average molecular weight is 397 g/mol. The van der Waals surface area contributed by atoms with Crippen molar-refractivity contribution in [3.05, 3.63) is 58.1 Å². The molecule has 0 aliphatic heterocycles. The van der Waals surface area contributed by atoms with E-state index in [0.29, 0.717) is 29.7 Å². The molecule has 26 heavy (non-hydrogen) atoms. The summed E-state index contributed by atoms with van der Waals surface area (Å²) < 4.78 is 10.6. The topological polar surface area (TPSA) is 59.6 Å². The van der Waals surface area contributed by atoms with E-state index in [1.165, 1.54) is 0 Å². The second kappa shape index (κ2) is 10.9. The van der Waals surface area contributed by atoms with Crippen molar-refractivity contribution in [1.29, 1.82) is 0 Å². The van der Waals surface area contributed by atoms with Gasteiger partial charge in [-0.05, 0) is 54.9 Å². The Morgan fingerprint density at radius 3 is 2.46 bits per heavy atom. The molecule has 0 unspecified atom stereocenters. The van der Waals surface area contributed by atoms with E-state index in [0.717, 1.165) is 23.5 Å². The maximum absolute atomic E-state index is 11.8. The number of amides is 1. The number of ether oxygens (including phenoxy) is 2. The zero-order valence-electron chi connectivity index (χ0n) is 14.6. The third-order valence-corrected chi connectivity index (χ3v) is 4.21. The number of halogens is 2.